The molecule has 16 heavy (non-hydrogen) atoms. The first kappa shape index (κ1) is 11.8. The summed E-state index contributed by atoms with van der Waals surface area (Å²) in [7, 11) is 0. The average molecular weight is 284 g/mol. The number of nitrogens with one attached hydrogen (secondary N) is 1. The summed E-state index contributed by atoms with van der Waals surface area (Å²) >= 11 is 3.45. The van der Waals surface area contributed by atoms with E-state index >= 15 is 0 Å². The van der Waals surface area contributed by atoms with Gasteiger partial charge in [-0.25, -0.2) is 9.97 Å². The van der Waals surface area contributed by atoms with Crippen molar-refractivity contribution in [1.82, 2.24) is 9.97 Å². The summed E-state index contributed by atoms with van der Waals surface area (Å²) in [6, 6.07) is 2.47. The molecule has 1 aromatic rings. The van der Waals surface area contributed by atoms with Gasteiger partial charge >= 0.3 is 0 Å². The van der Waals surface area contributed by atoms with Crippen molar-refractivity contribution in [2.45, 2.75) is 51.5 Å². The Morgan fingerprint density at radius 3 is 2.62 bits per heavy atom. The molecule has 0 unspecified atom stereocenters. The summed E-state index contributed by atoms with van der Waals surface area (Å²) in [5.74, 6) is 2.54. The highest BCUT2D eigenvalue weighted by Crippen LogP contribution is 2.38. The molecule has 1 aromatic heterocycles. The first-order valence-corrected chi connectivity index (χ1v) is 6.83. The summed E-state index contributed by atoms with van der Waals surface area (Å²) in [4.78, 5) is 9.00. The van der Waals surface area contributed by atoms with Gasteiger partial charge < -0.3 is 5.32 Å². The van der Waals surface area contributed by atoms with E-state index in [1.807, 2.05) is 6.07 Å². The van der Waals surface area contributed by atoms with Crippen molar-refractivity contribution in [3.05, 3.63) is 16.5 Å². The molecule has 1 aliphatic rings. The molecule has 0 radical (unpaired) electrons. The minimum Gasteiger partial charge on any atom is -0.367 e. The monoisotopic (exact) mass is 283 g/mol. The van der Waals surface area contributed by atoms with Gasteiger partial charge in [0.25, 0.3) is 0 Å². The quantitative estimate of drug-likeness (QED) is 0.837. The van der Waals surface area contributed by atoms with Crippen LogP contribution in [0, 0.1) is 0 Å². The molecule has 1 fully saturated rings. The van der Waals surface area contributed by atoms with Crippen molar-refractivity contribution < 1.29 is 0 Å². The minimum atomic E-state index is 0.508. The van der Waals surface area contributed by atoms with Gasteiger partial charge in [0.1, 0.15) is 16.2 Å². The van der Waals surface area contributed by atoms with E-state index in [-0.39, 0.29) is 0 Å². The number of anilines is 1. The Morgan fingerprint density at radius 1 is 1.38 bits per heavy atom. The predicted molar refractivity (Wildman–Crippen MR) is 69.7 cm³/mol. The normalized spacial score (nSPS) is 15.5. The molecule has 88 valence electrons. The smallest absolute Gasteiger partial charge is 0.135 e. The Kier molecular flexibility index (Phi) is 3.79. The van der Waals surface area contributed by atoms with Gasteiger partial charge in [0.2, 0.25) is 0 Å². The highest BCUT2D eigenvalue weighted by Gasteiger charge is 2.27. The maximum Gasteiger partial charge on any atom is 0.135 e. The summed E-state index contributed by atoms with van der Waals surface area (Å²) in [6.45, 7) is 4.39. The molecule has 0 amide bonds. The number of hydrogen-bond acceptors (Lipinski definition) is 3. The molecule has 4 heteroatoms. The number of halogens is 1. The van der Waals surface area contributed by atoms with Crippen LogP contribution in [0.5, 0.6) is 0 Å². The van der Waals surface area contributed by atoms with E-state index in [9.17, 15) is 0 Å². The lowest BCUT2D eigenvalue weighted by atomic mass is 10.2. The Bertz CT molecular complexity index is 359. The average Bonchev–Trinajstić information content (AvgIpc) is 3.08. The Morgan fingerprint density at radius 2 is 2.06 bits per heavy atom. The maximum absolute atomic E-state index is 4.58. The molecule has 1 saturated carbocycles. The van der Waals surface area contributed by atoms with Crippen LogP contribution in [0.1, 0.15) is 51.3 Å². The van der Waals surface area contributed by atoms with Gasteiger partial charge in [-0.05, 0) is 41.6 Å². The van der Waals surface area contributed by atoms with Gasteiger partial charge in [-0.15, -0.1) is 0 Å². The van der Waals surface area contributed by atoms with Gasteiger partial charge in [-0.3, -0.25) is 0 Å². The van der Waals surface area contributed by atoms with E-state index in [2.05, 4.69) is 45.1 Å². The van der Waals surface area contributed by atoms with Gasteiger partial charge in [-0.2, -0.15) is 0 Å². The van der Waals surface area contributed by atoms with Crippen LogP contribution in [-0.4, -0.2) is 16.0 Å². The van der Waals surface area contributed by atoms with Gasteiger partial charge in [0.15, 0.2) is 0 Å². The molecular formula is C12H18BrN3. The van der Waals surface area contributed by atoms with Crippen molar-refractivity contribution in [1.29, 1.82) is 0 Å². The summed E-state index contributed by atoms with van der Waals surface area (Å²) in [5.41, 5.74) is 0. The van der Waals surface area contributed by atoms with Crippen LogP contribution < -0.4 is 5.32 Å². The molecule has 1 heterocycles. The van der Waals surface area contributed by atoms with Gasteiger partial charge in [0.05, 0.1) is 0 Å². The van der Waals surface area contributed by atoms with Crippen LogP contribution in [0.15, 0.2) is 10.7 Å². The van der Waals surface area contributed by atoms with E-state index in [1.165, 1.54) is 12.8 Å². The molecule has 0 atom stereocenters. The fourth-order valence-corrected chi connectivity index (χ4v) is 2.13. The van der Waals surface area contributed by atoms with Gasteiger partial charge in [-0.1, -0.05) is 13.8 Å². The number of aromatic nitrogens is 2. The second-order valence-corrected chi connectivity index (χ2v) is 5.18. The summed E-state index contributed by atoms with van der Waals surface area (Å²) in [5, 5.41) is 3.46. The van der Waals surface area contributed by atoms with Crippen molar-refractivity contribution in [3.8, 4) is 0 Å². The lowest BCUT2D eigenvalue weighted by molar-refractivity contribution is 0.666. The first-order chi connectivity index (χ1) is 7.72. The van der Waals surface area contributed by atoms with E-state index in [4.69, 9.17) is 0 Å². The molecule has 0 aliphatic heterocycles. The second kappa shape index (κ2) is 5.13. The summed E-state index contributed by atoms with van der Waals surface area (Å²) < 4.78 is 0.887. The molecule has 2 rings (SSSR count). The highest BCUT2D eigenvalue weighted by atomic mass is 79.9. The molecule has 1 aliphatic carbocycles. The molecule has 1 N–H and O–H groups in total. The minimum absolute atomic E-state index is 0.508. The van der Waals surface area contributed by atoms with Crippen LogP contribution in [0.3, 0.4) is 0 Å². The number of hydrogen-bond donors (Lipinski definition) is 1. The fourth-order valence-electron chi connectivity index (χ4n) is 1.74. The Hall–Kier alpha value is -0.640. The first-order valence-electron chi connectivity index (χ1n) is 6.04. The third kappa shape index (κ3) is 2.94. The Balaban J connectivity index is 2.13. The molecule has 3 nitrogen and oxygen atoms in total. The third-order valence-corrected chi connectivity index (χ3v) is 3.40. The largest absolute Gasteiger partial charge is 0.367 e. The SMILES string of the molecule is CCC(CC)Nc1cc(Br)nc(C2CC2)n1. The molecule has 0 aromatic carbocycles. The lowest BCUT2D eigenvalue weighted by Gasteiger charge is -2.15. The van der Waals surface area contributed by atoms with E-state index in [0.717, 1.165) is 29.1 Å². The van der Waals surface area contributed by atoms with E-state index in [1.54, 1.807) is 0 Å². The summed E-state index contributed by atoms with van der Waals surface area (Å²) in [6.07, 6.45) is 4.72. The second-order valence-electron chi connectivity index (χ2n) is 4.37. The van der Waals surface area contributed by atoms with Crippen LogP contribution in [0.4, 0.5) is 5.82 Å². The maximum atomic E-state index is 4.58. The zero-order valence-electron chi connectivity index (χ0n) is 9.83. The standard InChI is InChI=1S/C12H18BrN3/c1-3-9(4-2)14-11-7-10(13)15-12(16-11)8-5-6-8/h7-9H,3-6H2,1-2H3,(H,14,15,16). The van der Waals surface area contributed by atoms with E-state index in [0.29, 0.717) is 12.0 Å². The van der Waals surface area contributed by atoms with Crippen LogP contribution in [0.25, 0.3) is 0 Å². The number of rotatable bonds is 5. The fraction of sp³-hybridized carbons (Fsp3) is 0.667. The van der Waals surface area contributed by atoms with Crippen molar-refractivity contribution in [3.63, 3.8) is 0 Å². The van der Waals surface area contributed by atoms with Crippen molar-refractivity contribution in [2.24, 2.45) is 0 Å². The topological polar surface area (TPSA) is 37.8 Å². The molecule has 0 spiro atoms. The zero-order chi connectivity index (χ0) is 11.5. The van der Waals surface area contributed by atoms with Crippen molar-refractivity contribution >= 4 is 21.7 Å². The molecule has 0 saturated heterocycles. The van der Waals surface area contributed by atoms with Crippen LogP contribution in [-0.2, 0) is 0 Å². The van der Waals surface area contributed by atoms with Crippen LogP contribution in [0.2, 0.25) is 0 Å². The molecular weight excluding hydrogens is 266 g/mol. The van der Waals surface area contributed by atoms with Gasteiger partial charge in [0, 0.05) is 18.0 Å². The third-order valence-electron chi connectivity index (χ3n) is 2.99. The van der Waals surface area contributed by atoms with Crippen LogP contribution >= 0.6 is 15.9 Å². The van der Waals surface area contributed by atoms with E-state index < -0.39 is 0 Å². The van der Waals surface area contributed by atoms with Crippen molar-refractivity contribution in [2.75, 3.05) is 5.32 Å². The lowest BCUT2D eigenvalue weighted by Crippen LogP contribution is -2.18. The molecule has 0 bridgehead atoms. The highest BCUT2D eigenvalue weighted by molar-refractivity contribution is 9.10. The predicted octanol–water partition coefficient (Wildman–Crippen LogP) is 3.72. The number of nitrogens with zero attached hydrogens (tertiary/aromatic N) is 2. The Labute approximate surface area is 105 Å². The zero-order valence-corrected chi connectivity index (χ0v) is 11.4.